The van der Waals surface area contributed by atoms with Crippen LogP contribution in [0.15, 0.2) is 42.5 Å². The Bertz CT molecular complexity index is 1250. The van der Waals surface area contributed by atoms with E-state index in [0.29, 0.717) is 30.4 Å². The van der Waals surface area contributed by atoms with Crippen molar-refractivity contribution in [3.63, 3.8) is 0 Å². The quantitative estimate of drug-likeness (QED) is 0.324. The van der Waals surface area contributed by atoms with Crippen LogP contribution in [0.4, 0.5) is 0 Å². The van der Waals surface area contributed by atoms with Gasteiger partial charge in [0.1, 0.15) is 6.54 Å². The second-order valence-electron chi connectivity index (χ2n) is 9.67. The van der Waals surface area contributed by atoms with Gasteiger partial charge in [-0.2, -0.15) is 0 Å². The van der Waals surface area contributed by atoms with E-state index < -0.39 is 0 Å². The number of fused-ring (bicyclic) bond motifs is 1. The molecule has 0 radical (unpaired) electrons. The Morgan fingerprint density at radius 1 is 1.06 bits per heavy atom. The zero-order valence-electron chi connectivity index (χ0n) is 20.7. The number of hydrogen-bond donors (Lipinski definition) is 1. The first-order valence-electron chi connectivity index (χ1n) is 12.3. The van der Waals surface area contributed by atoms with Crippen LogP contribution in [0.1, 0.15) is 42.6 Å². The van der Waals surface area contributed by atoms with E-state index in [9.17, 15) is 4.79 Å². The molecule has 9 heteroatoms. The molecule has 0 atom stereocenters. The lowest BCUT2D eigenvalue weighted by molar-refractivity contribution is -0.137. The normalized spacial score (nSPS) is 21.8. The average Bonchev–Trinajstić information content (AvgIpc) is 3.34. The smallest absolute Gasteiger partial charge is 0.243 e. The Kier molecular flexibility index (Phi) is 7.21. The van der Waals surface area contributed by atoms with Gasteiger partial charge in [-0.1, -0.05) is 46.9 Å². The third-order valence-electron chi connectivity index (χ3n) is 7.83. The molecule has 36 heavy (non-hydrogen) atoms. The van der Waals surface area contributed by atoms with Gasteiger partial charge in [-0.25, -0.2) is 0 Å². The zero-order valence-corrected chi connectivity index (χ0v) is 22.9. The molecule has 2 aromatic carbocycles. The van der Waals surface area contributed by atoms with Crippen LogP contribution in [0.2, 0.25) is 0 Å². The standard InChI is InChI=1S/C27H32IN5O3/c1-35-22-7-6-19(13-23(22)36-2)26-31-30-24-15-32(25(34)16-33(24)26)21-8-10-27(17-29,11-9-21)20-5-3-4-18(12-20)14-28/h3-7,12-13,21H,8-11,14-17,29H2,1-2H3. The maximum Gasteiger partial charge on any atom is 0.243 e. The number of halogens is 1. The van der Waals surface area contributed by atoms with Crippen molar-refractivity contribution in [3.8, 4) is 22.9 Å². The first-order valence-corrected chi connectivity index (χ1v) is 13.8. The van der Waals surface area contributed by atoms with Gasteiger partial charge in [0.25, 0.3) is 0 Å². The molecule has 2 N–H and O–H groups in total. The summed E-state index contributed by atoms with van der Waals surface area (Å²) in [5.41, 5.74) is 9.84. The van der Waals surface area contributed by atoms with Crippen LogP contribution < -0.4 is 15.2 Å². The molecule has 5 rings (SSSR count). The molecule has 1 amide bonds. The molecule has 1 aromatic heterocycles. The van der Waals surface area contributed by atoms with Crippen molar-refractivity contribution in [2.24, 2.45) is 5.73 Å². The summed E-state index contributed by atoms with van der Waals surface area (Å²) >= 11 is 2.40. The maximum atomic E-state index is 13.3. The van der Waals surface area contributed by atoms with Crippen LogP contribution in [0.3, 0.4) is 0 Å². The van der Waals surface area contributed by atoms with Crippen molar-refractivity contribution in [3.05, 3.63) is 59.4 Å². The molecule has 1 aliphatic heterocycles. The number of benzene rings is 2. The van der Waals surface area contributed by atoms with Crippen LogP contribution in [-0.2, 0) is 27.7 Å². The summed E-state index contributed by atoms with van der Waals surface area (Å²) in [7, 11) is 3.21. The number of rotatable bonds is 7. The number of aromatic nitrogens is 3. The van der Waals surface area contributed by atoms with Gasteiger partial charge in [0.2, 0.25) is 5.91 Å². The number of carbonyl (C=O) groups excluding carboxylic acids is 1. The predicted octanol–water partition coefficient (Wildman–Crippen LogP) is 4.08. The van der Waals surface area contributed by atoms with E-state index >= 15 is 0 Å². The van der Waals surface area contributed by atoms with Gasteiger partial charge in [0, 0.05) is 28.0 Å². The second kappa shape index (κ2) is 10.4. The van der Waals surface area contributed by atoms with Gasteiger partial charge in [0.05, 0.1) is 20.8 Å². The van der Waals surface area contributed by atoms with Gasteiger partial charge in [-0.05, 0) is 55.0 Å². The summed E-state index contributed by atoms with van der Waals surface area (Å²) in [6.45, 7) is 1.34. The number of nitrogens with two attached hydrogens (primary N) is 1. The molecule has 1 aliphatic carbocycles. The van der Waals surface area contributed by atoms with Crippen LogP contribution in [-0.4, -0.2) is 52.4 Å². The molecule has 190 valence electrons. The minimum Gasteiger partial charge on any atom is -0.493 e. The highest BCUT2D eigenvalue weighted by Gasteiger charge is 2.40. The lowest BCUT2D eigenvalue weighted by atomic mass is 9.67. The van der Waals surface area contributed by atoms with E-state index in [2.05, 4.69) is 57.1 Å². The molecule has 2 aliphatic rings. The summed E-state index contributed by atoms with van der Waals surface area (Å²) in [6.07, 6.45) is 3.83. The summed E-state index contributed by atoms with van der Waals surface area (Å²) in [5.74, 6) is 2.85. The largest absolute Gasteiger partial charge is 0.493 e. The molecule has 0 bridgehead atoms. The number of alkyl halides is 1. The molecule has 2 heterocycles. The summed E-state index contributed by atoms with van der Waals surface area (Å²) in [5, 5.41) is 8.87. The number of carbonyl (C=O) groups is 1. The first kappa shape index (κ1) is 25.0. The SMILES string of the molecule is COc1ccc(-c2nnc3n2CC(=O)N(C2CCC(CN)(c4cccc(CI)c4)CC2)C3)cc1OC. The van der Waals surface area contributed by atoms with E-state index in [4.69, 9.17) is 15.2 Å². The lowest BCUT2D eigenvalue weighted by Gasteiger charge is -2.44. The summed E-state index contributed by atoms with van der Waals surface area (Å²) < 4.78 is 13.7. The summed E-state index contributed by atoms with van der Waals surface area (Å²) in [6, 6.07) is 14.7. The van der Waals surface area contributed by atoms with Crippen LogP contribution in [0, 0.1) is 0 Å². The Hall–Kier alpha value is -2.66. The molecular formula is C27H32IN5O3. The number of nitrogens with zero attached hydrogens (tertiary/aromatic N) is 4. The van der Waals surface area contributed by atoms with Crippen LogP contribution >= 0.6 is 22.6 Å². The highest BCUT2D eigenvalue weighted by molar-refractivity contribution is 14.1. The maximum absolute atomic E-state index is 13.3. The van der Waals surface area contributed by atoms with Crippen molar-refractivity contribution < 1.29 is 14.3 Å². The number of hydrogen-bond acceptors (Lipinski definition) is 6. The second-order valence-corrected chi connectivity index (χ2v) is 10.4. The van der Waals surface area contributed by atoms with Crippen molar-refractivity contribution in [2.45, 2.75) is 54.7 Å². The molecule has 1 saturated carbocycles. The molecule has 0 unspecified atom stereocenters. The fraction of sp³-hybridized carbons (Fsp3) is 0.444. The van der Waals surface area contributed by atoms with Crippen molar-refractivity contribution in [1.29, 1.82) is 0 Å². The Labute approximate surface area is 225 Å². The Morgan fingerprint density at radius 2 is 1.83 bits per heavy atom. The van der Waals surface area contributed by atoms with Crippen LogP contribution in [0.25, 0.3) is 11.4 Å². The third kappa shape index (κ3) is 4.47. The molecular weight excluding hydrogens is 569 g/mol. The van der Waals surface area contributed by atoms with E-state index in [1.165, 1.54) is 11.1 Å². The fourth-order valence-corrected chi connectivity index (χ4v) is 6.14. The van der Waals surface area contributed by atoms with Crippen LogP contribution in [0.5, 0.6) is 11.5 Å². The topological polar surface area (TPSA) is 95.5 Å². The van der Waals surface area contributed by atoms with E-state index in [0.717, 1.165) is 41.5 Å². The predicted molar refractivity (Wildman–Crippen MR) is 146 cm³/mol. The molecule has 8 nitrogen and oxygen atoms in total. The van der Waals surface area contributed by atoms with Gasteiger partial charge in [-0.15, -0.1) is 10.2 Å². The fourth-order valence-electron chi connectivity index (χ4n) is 5.67. The van der Waals surface area contributed by atoms with Gasteiger partial charge >= 0.3 is 0 Å². The minimum atomic E-state index is -0.0161. The number of ether oxygens (including phenoxy) is 2. The zero-order chi connectivity index (χ0) is 25.3. The molecule has 1 fully saturated rings. The Morgan fingerprint density at radius 3 is 2.53 bits per heavy atom. The highest BCUT2D eigenvalue weighted by Crippen LogP contribution is 2.41. The summed E-state index contributed by atoms with van der Waals surface area (Å²) in [4.78, 5) is 15.3. The Balaban J connectivity index is 1.33. The monoisotopic (exact) mass is 601 g/mol. The molecule has 0 spiro atoms. The highest BCUT2D eigenvalue weighted by atomic mass is 127. The third-order valence-corrected chi connectivity index (χ3v) is 8.71. The van der Waals surface area contributed by atoms with E-state index in [1.54, 1.807) is 14.2 Å². The molecule has 3 aromatic rings. The number of amides is 1. The lowest BCUT2D eigenvalue weighted by Crippen LogP contribution is -2.50. The van der Waals surface area contributed by atoms with Crippen molar-refractivity contribution in [1.82, 2.24) is 19.7 Å². The van der Waals surface area contributed by atoms with Crippen molar-refractivity contribution in [2.75, 3.05) is 20.8 Å². The van der Waals surface area contributed by atoms with E-state index in [-0.39, 0.29) is 23.9 Å². The van der Waals surface area contributed by atoms with E-state index in [1.807, 2.05) is 27.7 Å². The minimum absolute atomic E-state index is 0.0161. The molecule has 0 saturated heterocycles. The van der Waals surface area contributed by atoms with Gasteiger partial charge < -0.3 is 20.1 Å². The first-order chi connectivity index (χ1) is 17.5. The van der Waals surface area contributed by atoms with Gasteiger partial charge in [-0.3, -0.25) is 9.36 Å². The van der Waals surface area contributed by atoms with Gasteiger partial charge in [0.15, 0.2) is 23.1 Å². The van der Waals surface area contributed by atoms with Crippen molar-refractivity contribution >= 4 is 28.5 Å². The average molecular weight is 601 g/mol. The number of methoxy groups -OCH3 is 2.